The van der Waals surface area contributed by atoms with E-state index in [0.29, 0.717) is 37.7 Å². The molecular formula is C40H52N4O6SSi. The van der Waals surface area contributed by atoms with Crippen LogP contribution in [-0.4, -0.2) is 60.7 Å². The second-order valence-corrected chi connectivity index (χ2v) is 20.0. The molecule has 1 aliphatic rings. The maximum atomic E-state index is 13.0. The van der Waals surface area contributed by atoms with Crippen LogP contribution in [0.25, 0.3) is 11.1 Å². The number of benzene rings is 4. The second-order valence-electron chi connectivity index (χ2n) is 13.4. The van der Waals surface area contributed by atoms with Crippen LogP contribution >= 0.6 is 0 Å². The van der Waals surface area contributed by atoms with Crippen LogP contribution in [0.2, 0.25) is 18.1 Å². The summed E-state index contributed by atoms with van der Waals surface area (Å²) in [4.78, 5) is 11.5. The topological polar surface area (TPSA) is 118 Å². The van der Waals surface area contributed by atoms with Gasteiger partial charge in [-0.05, 0) is 94.3 Å². The maximum Gasteiger partial charge on any atom is 0.301 e. The van der Waals surface area contributed by atoms with Crippen molar-refractivity contribution in [3.8, 4) is 22.6 Å². The largest absolute Gasteiger partial charge is 0.492 e. The maximum absolute atomic E-state index is 13.0. The van der Waals surface area contributed by atoms with Gasteiger partial charge < -0.3 is 24.5 Å². The molecule has 0 fully saturated rings. The van der Waals surface area contributed by atoms with Gasteiger partial charge in [-0.25, -0.2) is 0 Å². The van der Waals surface area contributed by atoms with Gasteiger partial charge in [0, 0.05) is 39.8 Å². The van der Waals surface area contributed by atoms with Crippen molar-refractivity contribution in [3.05, 3.63) is 107 Å². The number of carbonyl (C=O) groups is 1. The molecule has 0 saturated carbocycles. The Morgan fingerprint density at radius 2 is 1.56 bits per heavy atom. The standard InChI is InChI=1S/C40H52N4O6SSi/c1-7-52(8-2,9-3)50-40(31-15-20-39(49-28-30-13-11-10-12-14-30)38(26-31)43-51(46,47)44(5)6)27-41-21-22-48-35-17-19-37-33(25-35)23-32-24-34(42-29(4)45)16-18-36(32)37/h10-20,24-26,40-41,43H,7-9,21-23,27-28H2,1-6H3,(H,42,45). The van der Waals surface area contributed by atoms with Crippen LogP contribution in [0.3, 0.4) is 0 Å². The van der Waals surface area contributed by atoms with E-state index in [1.165, 1.54) is 43.3 Å². The number of amides is 1. The molecule has 5 rings (SSSR count). The molecule has 3 N–H and O–H groups in total. The lowest BCUT2D eigenvalue weighted by Crippen LogP contribution is -2.40. The Kier molecular flexibility index (Phi) is 13.2. The molecule has 0 aliphatic heterocycles. The van der Waals surface area contributed by atoms with Crippen LogP contribution in [-0.2, 0) is 32.5 Å². The van der Waals surface area contributed by atoms with Crippen LogP contribution in [0.15, 0.2) is 84.9 Å². The minimum absolute atomic E-state index is 0.0839. The number of hydrogen-bond acceptors (Lipinski definition) is 7. The van der Waals surface area contributed by atoms with Gasteiger partial charge in [0.05, 0.1) is 11.8 Å². The highest BCUT2D eigenvalue weighted by Crippen LogP contribution is 2.40. The highest BCUT2D eigenvalue weighted by atomic mass is 32.2. The lowest BCUT2D eigenvalue weighted by molar-refractivity contribution is -0.114. The highest BCUT2D eigenvalue weighted by molar-refractivity contribution is 7.90. The van der Waals surface area contributed by atoms with Gasteiger partial charge in [-0.1, -0.05) is 69.3 Å². The molecule has 278 valence electrons. The monoisotopic (exact) mass is 744 g/mol. The zero-order valence-electron chi connectivity index (χ0n) is 31.1. The smallest absolute Gasteiger partial charge is 0.301 e. The van der Waals surface area contributed by atoms with Crippen molar-refractivity contribution in [3.63, 3.8) is 0 Å². The van der Waals surface area contributed by atoms with E-state index in [9.17, 15) is 13.2 Å². The molecule has 52 heavy (non-hydrogen) atoms. The number of fused-ring (bicyclic) bond motifs is 3. The number of nitrogens with one attached hydrogen (secondary N) is 3. The van der Waals surface area contributed by atoms with Gasteiger partial charge in [0.2, 0.25) is 5.91 Å². The molecule has 10 nitrogen and oxygen atoms in total. The van der Waals surface area contributed by atoms with Crippen LogP contribution in [0.4, 0.5) is 11.4 Å². The summed E-state index contributed by atoms with van der Waals surface area (Å²) in [6, 6.07) is 30.6. The number of rotatable bonds is 19. The first-order valence-corrected chi connectivity index (χ1v) is 22.0. The summed E-state index contributed by atoms with van der Waals surface area (Å²) in [6.07, 6.45) is 0.478. The van der Waals surface area contributed by atoms with E-state index in [1.54, 1.807) is 0 Å². The molecule has 1 aliphatic carbocycles. The van der Waals surface area contributed by atoms with Crippen molar-refractivity contribution < 1.29 is 27.1 Å². The molecule has 0 saturated heterocycles. The van der Waals surface area contributed by atoms with Crippen LogP contribution in [0, 0.1) is 0 Å². The van der Waals surface area contributed by atoms with Crippen LogP contribution < -0.4 is 24.8 Å². The minimum atomic E-state index is -3.80. The summed E-state index contributed by atoms with van der Waals surface area (Å²) >= 11 is 0. The fourth-order valence-corrected chi connectivity index (χ4v) is 9.92. The fourth-order valence-electron chi connectivity index (χ4n) is 6.48. The summed E-state index contributed by atoms with van der Waals surface area (Å²) in [7, 11) is -2.88. The van der Waals surface area contributed by atoms with Gasteiger partial charge in [0.1, 0.15) is 24.7 Å². The SMILES string of the molecule is CC[Si](CC)(CC)OC(CNCCOc1ccc2c(c1)Cc1cc(NC(C)=O)ccc1-2)c1ccc(OCc2ccccc2)c(NS(=O)(=O)N(C)C)c1. The van der Waals surface area contributed by atoms with Crippen molar-refractivity contribution in [1.82, 2.24) is 9.62 Å². The summed E-state index contributed by atoms with van der Waals surface area (Å²) in [5.41, 5.74) is 7.77. The first kappa shape index (κ1) is 39.0. The Hall–Kier alpha value is -4.20. The van der Waals surface area contributed by atoms with E-state index in [2.05, 4.69) is 54.3 Å². The predicted molar refractivity (Wildman–Crippen MR) is 212 cm³/mol. The van der Waals surface area contributed by atoms with Crippen molar-refractivity contribution in [1.29, 1.82) is 0 Å². The number of anilines is 2. The summed E-state index contributed by atoms with van der Waals surface area (Å²) < 4.78 is 49.2. The normalized spacial score (nSPS) is 13.0. The van der Waals surface area contributed by atoms with Crippen LogP contribution in [0.1, 0.15) is 56.1 Å². The molecule has 0 radical (unpaired) electrons. The molecule has 4 aromatic rings. The summed E-state index contributed by atoms with van der Waals surface area (Å²) in [6.45, 7) is 9.99. The van der Waals surface area contributed by atoms with Gasteiger partial charge in [0.25, 0.3) is 0 Å². The van der Waals surface area contributed by atoms with Gasteiger partial charge in [-0.2, -0.15) is 12.7 Å². The van der Waals surface area contributed by atoms with E-state index in [-0.39, 0.29) is 12.0 Å². The third-order valence-corrected chi connectivity index (χ3v) is 15.8. The molecule has 12 heteroatoms. The molecule has 4 aromatic carbocycles. The lowest BCUT2D eigenvalue weighted by atomic mass is 10.1. The lowest BCUT2D eigenvalue weighted by Gasteiger charge is -2.34. The van der Waals surface area contributed by atoms with E-state index >= 15 is 0 Å². The zero-order chi connectivity index (χ0) is 37.3. The van der Waals surface area contributed by atoms with Gasteiger partial charge in [-0.15, -0.1) is 0 Å². The average Bonchev–Trinajstić information content (AvgIpc) is 3.49. The van der Waals surface area contributed by atoms with E-state index in [1.807, 2.05) is 66.7 Å². The van der Waals surface area contributed by atoms with E-state index < -0.39 is 18.5 Å². The zero-order valence-corrected chi connectivity index (χ0v) is 32.9. The Morgan fingerprint density at radius 1 is 0.865 bits per heavy atom. The van der Waals surface area contributed by atoms with E-state index in [0.717, 1.165) is 51.4 Å². The predicted octanol–water partition coefficient (Wildman–Crippen LogP) is 7.75. The Balaban J connectivity index is 1.28. The van der Waals surface area contributed by atoms with Gasteiger partial charge in [-0.3, -0.25) is 9.52 Å². The molecule has 0 heterocycles. The van der Waals surface area contributed by atoms with Crippen molar-refractivity contribution in [2.45, 2.75) is 65.0 Å². The third kappa shape index (κ3) is 9.81. The highest BCUT2D eigenvalue weighted by Gasteiger charge is 2.33. The molecule has 0 spiro atoms. The molecular weight excluding hydrogens is 693 g/mol. The van der Waals surface area contributed by atoms with Crippen molar-refractivity contribution >= 4 is 35.8 Å². The number of nitrogens with zero attached hydrogens (tertiary/aromatic N) is 1. The van der Waals surface area contributed by atoms with Gasteiger partial charge in [0.15, 0.2) is 8.32 Å². The summed E-state index contributed by atoms with van der Waals surface area (Å²) in [5, 5.41) is 6.41. The first-order valence-electron chi connectivity index (χ1n) is 18.0. The second kappa shape index (κ2) is 17.5. The average molecular weight is 745 g/mol. The minimum Gasteiger partial charge on any atom is -0.492 e. The van der Waals surface area contributed by atoms with Gasteiger partial charge >= 0.3 is 10.2 Å². The number of hydrogen-bond donors (Lipinski definition) is 3. The Labute approximate surface area is 310 Å². The van der Waals surface area contributed by atoms with Crippen LogP contribution in [0.5, 0.6) is 11.5 Å². The molecule has 0 aromatic heterocycles. The number of carbonyl (C=O) groups excluding carboxylic acids is 1. The quantitative estimate of drug-likeness (QED) is 0.0585. The molecule has 0 bridgehead atoms. The Bertz CT molecular complexity index is 1930. The molecule has 1 atom stereocenters. The Morgan fingerprint density at radius 3 is 2.23 bits per heavy atom. The number of ether oxygens (including phenoxy) is 2. The van der Waals surface area contributed by atoms with Crippen molar-refractivity contribution in [2.75, 3.05) is 43.8 Å². The van der Waals surface area contributed by atoms with E-state index in [4.69, 9.17) is 13.9 Å². The molecule has 1 unspecified atom stereocenters. The fraction of sp³-hybridized carbons (Fsp3) is 0.375. The van der Waals surface area contributed by atoms with Crippen molar-refractivity contribution in [2.24, 2.45) is 0 Å². The third-order valence-electron chi connectivity index (χ3n) is 9.71. The summed E-state index contributed by atoms with van der Waals surface area (Å²) in [5.74, 6) is 1.16. The molecule has 1 amide bonds. The first-order chi connectivity index (χ1) is 25.0.